The summed E-state index contributed by atoms with van der Waals surface area (Å²) in [4.78, 5) is 27.8. The number of nitrogens with zero attached hydrogens (tertiary/aromatic N) is 1. The van der Waals surface area contributed by atoms with Crippen LogP contribution in [0.2, 0.25) is 0 Å². The number of carbonyl (C=O) groups is 2. The van der Waals surface area contributed by atoms with Crippen LogP contribution in [-0.2, 0) is 20.7 Å². The first-order valence-corrected chi connectivity index (χ1v) is 11.0. The Morgan fingerprint density at radius 3 is 2.59 bits per heavy atom. The van der Waals surface area contributed by atoms with Gasteiger partial charge in [0.1, 0.15) is 0 Å². The van der Waals surface area contributed by atoms with Crippen molar-refractivity contribution in [2.24, 2.45) is 0 Å². The Morgan fingerprint density at radius 2 is 2.00 bits per heavy atom. The Kier molecular flexibility index (Phi) is 6.82. The molecule has 6 heteroatoms. The molecule has 27 heavy (non-hydrogen) atoms. The van der Waals surface area contributed by atoms with Gasteiger partial charge in [0.2, 0.25) is 11.8 Å². The average molecular weight is 391 g/mol. The standard InChI is InChI=1S/C21H30N2O3S/c1-23(17-9-13-26-14-10-17)20(25)8-12-21(11-7-19(24)22-21)15-16-3-5-18(27-2)6-4-16/h3-6,17H,7-15H2,1-2H3,(H,22,24). The summed E-state index contributed by atoms with van der Waals surface area (Å²) >= 11 is 1.72. The first-order valence-electron chi connectivity index (χ1n) is 9.79. The fourth-order valence-electron chi connectivity index (χ4n) is 4.11. The van der Waals surface area contributed by atoms with Gasteiger partial charge in [-0.05, 0) is 56.1 Å². The number of amides is 2. The minimum atomic E-state index is -0.301. The molecule has 148 valence electrons. The molecule has 1 unspecified atom stereocenters. The zero-order chi connectivity index (χ0) is 19.3. The van der Waals surface area contributed by atoms with Gasteiger partial charge in [-0.15, -0.1) is 11.8 Å². The second-order valence-electron chi connectivity index (χ2n) is 7.70. The van der Waals surface area contributed by atoms with Crippen LogP contribution in [0.3, 0.4) is 0 Å². The smallest absolute Gasteiger partial charge is 0.222 e. The topological polar surface area (TPSA) is 58.6 Å². The molecule has 5 nitrogen and oxygen atoms in total. The summed E-state index contributed by atoms with van der Waals surface area (Å²) in [5, 5.41) is 3.18. The summed E-state index contributed by atoms with van der Waals surface area (Å²) in [6, 6.07) is 8.78. The summed E-state index contributed by atoms with van der Waals surface area (Å²) in [7, 11) is 1.90. The predicted molar refractivity (Wildman–Crippen MR) is 108 cm³/mol. The van der Waals surface area contributed by atoms with Gasteiger partial charge in [-0.3, -0.25) is 9.59 Å². The number of thioether (sulfide) groups is 1. The molecular weight excluding hydrogens is 360 g/mol. The van der Waals surface area contributed by atoms with E-state index in [2.05, 4.69) is 35.8 Å². The number of rotatable bonds is 7. The molecule has 1 aromatic carbocycles. The van der Waals surface area contributed by atoms with Crippen LogP contribution >= 0.6 is 11.8 Å². The Balaban J connectivity index is 1.62. The maximum atomic E-state index is 12.7. The summed E-state index contributed by atoms with van der Waals surface area (Å²) in [5.41, 5.74) is 0.907. The third kappa shape index (κ3) is 5.26. The highest BCUT2D eigenvalue weighted by Crippen LogP contribution is 2.30. The minimum Gasteiger partial charge on any atom is -0.381 e. The molecule has 2 aliphatic heterocycles. The second kappa shape index (κ2) is 9.11. The molecule has 2 saturated heterocycles. The molecule has 1 atom stereocenters. The van der Waals surface area contributed by atoms with Crippen molar-refractivity contribution in [3.8, 4) is 0 Å². The van der Waals surface area contributed by atoms with Gasteiger partial charge in [-0.25, -0.2) is 0 Å². The molecule has 0 saturated carbocycles. The quantitative estimate of drug-likeness (QED) is 0.727. The Morgan fingerprint density at radius 1 is 1.30 bits per heavy atom. The Hall–Kier alpha value is -1.53. The molecule has 0 spiro atoms. The van der Waals surface area contributed by atoms with Gasteiger partial charge < -0.3 is 15.0 Å². The highest BCUT2D eigenvalue weighted by Gasteiger charge is 2.38. The van der Waals surface area contributed by atoms with Crippen LogP contribution in [-0.4, -0.2) is 54.8 Å². The van der Waals surface area contributed by atoms with Gasteiger partial charge in [0, 0.05) is 49.6 Å². The van der Waals surface area contributed by atoms with Gasteiger partial charge in [0.15, 0.2) is 0 Å². The van der Waals surface area contributed by atoms with E-state index in [1.54, 1.807) is 11.8 Å². The normalized spacial score (nSPS) is 23.3. The van der Waals surface area contributed by atoms with E-state index in [1.807, 2.05) is 11.9 Å². The lowest BCUT2D eigenvalue weighted by molar-refractivity contribution is -0.134. The monoisotopic (exact) mass is 390 g/mol. The van der Waals surface area contributed by atoms with Crippen LogP contribution in [0.4, 0.5) is 0 Å². The number of hydrogen-bond donors (Lipinski definition) is 1. The molecule has 0 bridgehead atoms. The fourth-order valence-corrected chi connectivity index (χ4v) is 4.52. The molecule has 0 aromatic heterocycles. The molecule has 1 aromatic rings. The lowest BCUT2D eigenvalue weighted by Crippen LogP contribution is -2.46. The zero-order valence-corrected chi connectivity index (χ0v) is 17.1. The molecule has 0 aliphatic carbocycles. The number of benzene rings is 1. The van der Waals surface area contributed by atoms with E-state index in [0.29, 0.717) is 19.3 Å². The predicted octanol–water partition coefficient (Wildman–Crippen LogP) is 3.02. The van der Waals surface area contributed by atoms with Crippen LogP contribution < -0.4 is 5.32 Å². The summed E-state index contributed by atoms with van der Waals surface area (Å²) in [5.74, 6) is 0.265. The van der Waals surface area contributed by atoms with Crippen molar-refractivity contribution < 1.29 is 14.3 Å². The molecule has 0 radical (unpaired) electrons. The lowest BCUT2D eigenvalue weighted by Gasteiger charge is -2.33. The average Bonchev–Trinajstić information content (AvgIpc) is 3.07. The molecule has 2 amide bonds. The van der Waals surface area contributed by atoms with E-state index in [9.17, 15) is 9.59 Å². The van der Waals surface area contributed by atoms with Crippen LogP contribution in [0.1, 0.15) is 44.1 Å². The van der Waals surface area contributed by atoms with E-state index < -0.39 is 0 Å². The van der Waals surface area contributed by atoms with E-state index >= 15 is 0 Å². The third-order valence-electron chi connectivity index (χ3n) is 5.89. The third-order valence-corrected chi connectivity index (χ3v) is 6.63. The van der Waals surface area contributed by atoms with Crippen molar-refractivity contribution in [3.05, 3.63) is 29.8 Å². The molecule has 2 aliphatic rings. The van der Waals surface area contributed by atoms with Gasteiger partial charge in [0.25, 0.3) is 0 Å². The van der Waals surface area contributed by atoms with Gasteiger partial charge in [-0.1, -0.05) is 12.1 Å². The Bertz CT molecular complexity index is 658. The number of carbonyl (C=O) groups excluding carboxylic acids is 2. The Labute approximate surface area is 166 Å². The fraction of sp³-hybridized carbons (Fsp3) is 0.619. The van der Waals surface area contributed by atoms with Crippen LogP contribution in [0.15, 0.2) is 29.2 Å². The van der Waals surface area contributed by atoms with Crippen molar-refractivity contribution in [3.63, 3.8) is 0 Å². The van der Waals surface area contributed by atoms with Crippen molar-refractivity contribution in [1.82, 2.24) is 10.2 Å². The molecule has 3 rings (SSSR count). The second-order valence-corrected chi connectivity index (χ2v) is 8.58. The van der Waals surface area contributed by atoms with Crippen LogP contribution in [0, 0.1) is 0 Å². The van der Waals surface area contributed by atoms with Crippen LogP contribution in [0.25, 0.3) is 0 Å². The van der Waals surface area contributed by atoms with E-state index in [4.69, 9.17) is 4.74 Å². The summed E-state index contributed by atoms with van der Waals surface area (Å²) < 4.78 is 5.39. The number of nitrogens with one attached hydrogen (secondary N) is 1. The first kappa shape index (κ1) is 20.2. The van der Waals surface area contributed by atoms with Crippen LogP contribution in [0.5, 0.6) is 0 Å². The minimum absolute atomic E-state index is 0.0981. The number of ether oxygens (including phenoxy) is 1. The largest absolute Gasteiger partial charge is 0.381 e. The number of hydrogen-bond acceptors (Lipinski definition) is 4. The van der Waals surface area contributed by atoms with Gasteiger partial charge in [-0.2, -0.15) is 0 Å². The van der Waals surface area contributed by atoms with Gasteiger partial charge >= 0.3 is 0 Å². The van der Waals surface area contributed by atoms with E-state index in [0.717, 1.165) is 38.9 Å². The SMILES string of the molecule is CSc1ccc(CC2(CCC(=O)N(C)C3CCOCC3)CCC(=O)N2)cc1. The zero-order valence-electron chi connectivity index (χ0n) is 16.3. The first-order chi connectivity index (χ1) is 13.0. The molecule has 2 heterocycles. The van der Waals surface area contributed by atoms with Crippen molar-refractivity contribution >= 4 is 23.6 Å². The summed E-state index contributed by atoms with van der Waals surface area (Å²) in [6.45, 7) is 1.46. The van der Waals surface area contributed by atoms with Gasteiger partial charge in [0.05, 0.1) is 0 Å². The van der Waals surface area contributed by atoms with E-state index in [-0.39, 0.29) is 23.4 Å². The maximum Gasteiger partial charge on any atom is 0.222 e. The van der Waals surface area contributed by atoms with Crippen molar-refractivity contribution in [1.29, 1.82) is 0 Å². The van der Waals surface area contributed by atoms with Crippen molar-refractivity contribution in [2.45, 2.75) is 61.4 Å². The summed E-state index contributed by atoms with van der Waals surface area (Å²) in [6.07, 6.45) is 7.16. The highest BCUT2D eigenvalue weighted by atomic mass is 32.2. The lowest BCUT2D eigenvalue weighted by atomic mass is 9.85. The van der Waals surface area contributed by atoms with E-state index in [1.165, 1.54) is 10.5 Å². The molecular formula is C21H30N2O3S. The highest BCUT2D eigenvalue weighted by molar-refractivity contribution is 7.98. The van der Waals surface area contributed by atoms with Crippen molar-refractivity contribution in [2.75, 3.05) is 26.5 Å². The molecule has 2 fully saturated rings. The molecule has 1 N–H and O–H groups in total. The maximum absolute atomic E-state index is 12.7.